The molecule has 21 heavy (non-hydrogen) atoms. The Morgan fingerprint density at radius 2 is 1.10 bits per heavy atom. The summed E-state index contributed by atoms with van der Waals surface area (Å²) in [7, 11) is 1.95. The molecule has 2 heteroatoms. The van der Waals surface area contributed by atoms with Gasteiger partial charge in [-0.15, -0.1) is 0 Å². The third-order valence-electron chi connectivity index (χ3n) is 2.33. The lowest BCUT2D eigenvalue weighted by atomic mass is 10.1. The van der Waals surface area contributed by atoms with Gasteiger partial charge < -0.3 is 5.32 Å². The number of halogens is 1. The van der Waals surface area contributed by atoms with Gasteiger partial charge in [0.2, 0.25) is 0 Å². The fourth-order valence-electron chi connectivity index (χ4n) is 1.46. The molecule has 0 spiro atoms. The number of benzene rings is 2. The summed E-state index contributed by atoms with van der Waals surface area (Å²) < 4.78 is 0. The predicted molar refractivity (Wildman–Crippen MR) is 97.0 cm³/mol. The van der Waals surface area contributed by atoms with Gasteiger partial charge in [-0.05, 0) is 18.1 Å². The van der Waals surface area contributed by atoms with Crippen molar-refractivity contribution in [2.45, 2.75) is 41.0 Å². The van der Waals surface area contributed by atoms with Gasteiger partial charge in [0.25, 0.3) is 0 Å². The summed E-state index contributed by atoms with van der Waals surface area (Å²) in [6, 6.07) is 20.4. The Labute approximate surface area is 130 Å². The van der Waals surface area contributed by atoms with Crippen molar-refractivity contribution >= 4 is 5.69 Å². The van der Waals surface area contributed by atoms with Gasteiger partial charge in [-0.25, -0.2) is 0 Å². The van der Waals surface area contributed by atoms with E-state index in [9.17, 15) is 0 Å². The predicted octanol–water partition coefficient (Wildman–Crippen LogP) is 6.18. The molecule has 1 nitrogen and oxygen atoms in total. The van der Waals surface area contributed by atoms with Crippen molar-refractivity contribution in [3.8, 4) is 0 Å². The maximum Gasteiger partial charge on any atom is 0.0370 e. The largest absolute Gasteiger partial charge is 0.388 e. The van der Waals surface area contributed by atoms with Crippen molar-refractivity contribution in [3.05, 3.63) is 66.2 Å². The van der Waals surface area contributed by atoms with Crippen molar-refractivity contribution in [2.24, 2.45) is 0 Å². The topological polar surface area (TPSA) is 12.0 Å². The van der Waals surface area contributed by atoms with Gasteiger partial charge in [-0.2, -0.15) is 0 Å². The van der Waals surface area contributed by atoms with Crippen LogP contribution in [0.4, 0.5) is 10.4 Å². The number of nitrogens with one attached hydrogen (secondary N) is 1. The normalized spacial score (nSPS) is 7.33. The zero-order valence-corrected chi connectivity index (χ0v) is 14.4. The third-order valence-corrected chi connectivity index (χ3v) is 2.33. The highest BCUT2D eigenvalue weighted by molar-refractivity contribution is 5.50. The van der Waals surface area contributed by atoms with Crippen LogP contribution in [-0.4, -0.2) is 7.05 Å². The Balaban J connectivity index is -0.000000255. The molecular formula is C19H32FN. The van der Waals surface area contributed by atoms with Crippen LogP contribution >= 0.6 is 0 Å². The number of para-hydroxylation sites is 1. The summed E-state index contributed by atoms with van der Waals surface area (Å²) >= 11 is 0. The first-order valence-corrected chi connectivity index (χ1v) is 7.64. The van der Waals surface area contributed by atoms with Gasteiger partial charge >= 0.3 is 0 Å². The Hall–Kier alpha value is -1.83. The van der Waals surface area contributed by atoms with Gasteiger partial charge in [-0.1, -0.05) is 89.2 Å². The lowest BCUT2D eigenvalue weighted by Crippen LogP contribution is -1.92. The van der Waals surface area contributed by atoms with Crippen molar-refractivity contribution in [1.82, 2.24) is 0 Å². The van der Waals surface area contributed by atoms with E-state index in [1.54, 1.807) is 0 Å². The van der Waals surface area contributed by atoms with Crippen LogP contribution in [0.25, 0.3) is 0 Å². The number of aryl methyl sites for hydroxylation is 1. The van der Waals surface area contributed by atoms with E-state index in [-0.39, 0.29) is 4.70 Å². The Kier molecular flexibility index (Phi) is 23.6. The highest BCUT2D eigenvalue weighted by atomic mass is 19.0. The average Bonchev–Trinajstić information content (AvgIpc) is 2.60. The van der Waals surface area contributed by atoms with Crippen LogP contribution in [0.3, 0.4) is 0 Å². The van der Waals surface area contributed by atoms with Crippen LogP contribution < -0.4 is 5.32 Å². The first-order valence-electron chi connectivity index (χ1n) is 7.64. The molecule has 0 saturated heterocycles. The molecule has 0 radical (unpaired) electrons. The van der Waals surface area contributed by atoms with Crippen LogP contribution in [0.5, 0.6) is 0 Å². The minimum atomic E-state index is 0. The first kappa shape index (κ1) is 24.2. The van der Waals surface area contributed by atoms with E-state index >= 15 is 0 Å². The number of anilines is 1. The minimum absolute atomic E-state index is 0. The summed E-state index contributed by atoms with van der Waals surface area (Å²) in [6.45, 7) is 10.2. The molecule has 0 unspecified atom stereocenters. The zero-order valence-electron chi connectivity index (χ0n) is 14.4. The molecule has 0 bridgehead atoms. The standard InChI is InChI=1S/C9H13N.C6H6.2C2H6.FH/c1-3-8-6-4-5-7-9(8)10-2;1-2-4-6-5-3-1;2*1-2;/h4-7,10H,3H2,1-2H3;1-6H;2*1-2H3;1H. The quantitative estimate of drug-likeness (QED) is 0.697. The number of hydrogen-bond donors (Lipinski definition) is 1. The molecular weight excluding hydrogens is 261 g/mol. The van der Waals surface area contributed by atoms with Gasteiger partial charge in [-0.3, -0.25) is 4.70 Å². The maximum absolute atomic E-state index is 3.15. The fraction of sp³-hybridized carbons (Fsp3) is 0.368. The van der Waals surface area contributed by atoms with Crippen LogP contribution in [0.15, 0.2) is 60.7 Å². The van der Waals surface area contributed by atoms with Crippen LogP contribution in [0.1, 0.15) is 40.2 Å². The maximum atomic E-state index is 3.15. The van der Waals surface area contributed by atoms with Gasteiger partial charge in [0, 0.05) is 12.7 Å². The fourth-order valence-corrected chi connectivity index (χ4v) is 1.46. The third kappa shape index (κ3) is 12.9. The summed E-state index contributed by atoms with van der Waals surface area (Å²) in [6.07, 6.45) is 1.09. The average molecular weight is 293 g/mol. The Morgan fingerprint density at radius 1 is 0.714 bits per heavy atom. The molecule has 0 aliphatic heterocycles. The first-order chi connectivity index (χ1) is 9.88. The summed E-state index contributed by atoms with van der Waals surface area (Å²) in [5, 5.41) is 3.15. The molecule has 0 heterocycles. The molecule has 0 atom stereocenters. The summed E-state index contributed by atoms with van der Waals surface area (Å²) in [5.74, 6) is 0. The lowest BCUT2D eigenvalue weighted by molar-refractivity contribution is 1.11. The monoisotopic (exact) mass is 293 g/mol. The van der Waals surface area contributed by atoms with Crippen molar-refractivity contribution in [3.63, 3.8) is 0 Å². The smallest absolute Gasteiger partial charge is 0.0370 e. The molecule has 0 aliphatic rings. The molecule has 1 N–H and O–H groups in total. The molecule has 2 aromatic rings. The van der Waals surface area contributed by atoms with Crippen molar-refractivity contribution in [1.29, 1.82) is 0 Å². The van der Waals surface area contributed by atoms with E-state index in [0.717, 1.165) is 6.42 Å². The Bertz CT molecular complexity index is 338. The molecule has 2 rings (SSSR count). The van der Waals surface area contributed by atoms with Crippen LogP contribution in [-0.2, 0) is 6.42 Å². The number of rotatable bonds is 2. The van der Waals surface area contributed by atoms with E-state index in [4.69, 9.17) is 0 Å². The van der Waals surface area contributed by atoms with E-state index in [1.165, 1.54) is 11.3 Å². The van der Waals surface area contributed by atoms with Crippen LogP contribution in [0, 0.1) is 0 Å². The van der Waals surface area contributed by atoms with Gasteiger partial charge in [0.15, 0.2) is 0 Å². The van der Waals surface area contributed by atoms with Gasteiger partial charge in [0.1, 0.15) is 0 Å². The molecule has 0 amide bonds. The molecule has 0 saturated carbocycles. The van der Waals surface area contributed by atoms with Crippen molar-refractivity contribution < 1.29 is 4.70 Å². The highest BCUT2D eigenvalue weighted by Crippen LogP contribution is 2.13. The van der Waals surface area contributed by atoms with E-state index < -0.39 is 0 Å². The number of hydrogen-bond acceptors (Lipinski definition) is 1. The molecule has 0 aliphatic carbocycles. The molecule has 120 valence electrons. The van der Waals surface area contributed by atoms with E-state index in [1.807, 2.05) is 77.2 Å². The van der Waals surface area contributed by atoms with Crippen LogP contribution in [0.2, 0.25) is 0 Å². The molecule has 0 fully saturated rings. The Morgan fingerprint density at radius 3 is 1.38 bits per heavy atom. The van der Waals surface area contributed by atoms with E-state index in [2.05, 4.69) is 30.4 Å². The highest BCUT2D eigenvalue weighted by Gasteiger charge is 1.93. The molecule has 0 aromatic heterocycles. The summed E-state index contributed by atoms with van der Waals surface area (Å²) in [5.41, 5.74) is 2.62. The zero-order chi connectivity index (χ0) is 15.6. The second-order valence-electron chi connectivity index (χ2n) is 3.42. The molecule has 2 aromatic carbocycles. The van der Waals surface area contributed by atoms with E-state index in [0.29, 0.717) is 0 Å². The second-order valence-corrected chi connectivity index (χ2v) is 3.42. The second kappa shape index (κ2) is 20.5. The van der Waals surface area contributed by atoms with Gasteiger partial charge in [0.05, 0.1) is 0 Å². The van der Waals surface area contributed by atoms with Crippen molar-refractivity contribution in [2.75, 3.05) is 12.4 Å². The SMILES string of the molecule is CC.CC.CCc1ccccc1NC.F.c1ccccc1. The summed E-state index contributed by atoms with van der Waals surface area (Å²) in [4.78, 5) is 0. The lowest BCUT2D eigenvalue weighted by Gasteiger charge is -2.04. The minimum Gasteiger partial charge on any atom is -0.388 e.